The highest BCUT2D eigenvalue weighted by Crippen LogP contribution is 2.20. The molecule has 0 aliphatic rings. The first kappa shape index (κ1) is 16.3. The standard InChI is InChI=1S/C16H14Cl2N2O2/c1-10(21)20-14-6-3-11(4-7-14)16(22)19-9-12-2-5-13(17)8-15(12)18/h2-8H,9H2,1H3,(H,19,22)(H,20,21). The minimum Gasteiger partial charge on any atom is -0.348 e. The molecule has 0 unspecified atom stereocenters. The summed E-state index contributed by atoms with van der Waals surface area (Å²) in [7, 11) is 0. The van der Waals surface area contributed by atoms with E-state index in [2.05, 4.69) is 10.6 Å². The molecule has 0 saturated carbocycles. The number of amides is 2. The van der Waals surface area contributed by atoms with E-state index in [0.717, 1.165) is 5.56 Å². The molecule has 0 aromatic heterocycles. The zero-order chi connectivity index (χ0) is 16.1. The lowest BCUT2D eigenvalue weighted by molar-refractivity contribution is -0.114. The van der Waals surface area contributed by atoms with Crippen LogP contribution < -0.4 is 10.6 Å². The molecule has 0 bridgehead atoms. The van der Waals surface area contributed by atoms with Crippen molar-refractivity contribution in [3.8, 4) is 0 Å². The van der Waals surface area contributed by atoms with Gasteiger partial charge in [0, 0.05) is 34.8 Å². The van der Waals surface area contributed by atoms with Gasteiger partial charge in [0.05, 0.1) is 0 Å². The first-order chi connectivity index (χ1) is 10.5. The number of rotatable bonds is 4. The van der Waals surface area contributed by atoms with E-state index in [0.29, 0.717) is 27.8 Å². The van der Waals surface area contributed by atoms with Gasteiger partial charge in [-0.2, -0.15) is 0 Å². The van der Waals surface area contributed by atoms with E-state index in [-0.39, 0.29) is 11.8 Å². The van der Waals surface area contributed by atoms with Gasteiger partial charge >= 0.3 is 0 Å². The Labute approximate surface area is 138 Å². The number of anilines is 1. The summed E-state index contributed by atoms with van der Waals surface area (Å²) in [5, 5.41) is 6.48. The number of halogens is 2. The van der Waals surface area contributed by atoms with Crippen molar-refractivity contribution in [3.63, 3.8) is 0 Å². The minimum absolute atomic E-state index is 0.158. The van der Waals surface area contributed by atoms with E-state index in [1.54, 1.807) is 42.5 Å². The van der Waals surface area contributed by atoms with E-state index >= 15 is 0 Å². The maximum atomic E-state index is 12.1. The molecule has 0 saturated heterocycles. The molecule has 0 aliphatic carbocycles. The summed E-state index contributed by atoms with van der Waals surface area (Å²) in [5.41, 5.74) is 1.93. The minimum atomic E-state index is -0.222. The van der Waals surface area contributed by atoms with Crippen LogP contribution in [0.15, 0.2) is 42.5 Å². The summed E-state index contributed by atoms with van der Waals surface area (Å²) in [6.45, 7) is 1.73. The van der Waals surface area contributed by atoms with Crippen LogP contribution in [0.1, 0.15) is 22.8 Å². The van der Waals surface area contributed by atoms with E-state index < -0.39 is 0 Å². The topological polar surface area (TPSA) is 58.2 Å². The number of benzene rings is 2. The second kappa shape index (κ2) is 7.29. The third-order valence-electron chi connectivity index (χ3n) is 2.92. The van der Waals surface area contributed by atoms with Gasteiger partial charge in [0.25, 0.3) is 5.91 Å². The first-order valence-corrected chi connectivity index (χ1v) is 7.31. The van der Waals surface area contributed by atoms with Gasteiger partial charge in [0.2, 0.25) is 5.91 Å². The number of nitrogens with one attached hydrogen (secondary N) is 2. The number of carbonyl (C=O) groups is 2. The number of hydrogen-bond acceptors (Lipinski definition) is 2. The largest absolute Gasteiger partial charge is 0.348 e. The maximum Gasteiger partial charge on any atom is 0.251 e. The summed E-state index contributed by atoms with van der Waals surface area (Å²) in [6, 6.07) is 11.8. The van der Waals surface area contributed by atoms with Crippen molar-refractivity contribution in [1.82, 2.24) is 5.32 Å². The molecule has 0 radical (unpaired) electrons. The van der Waals surface area contributed by atoms with Gasteiger partial charge in [-0.1, -0.05) is 29.3 Å². The quantitative estimate of drug-likeness (QED) is 0.889. The second-order valence-electron chi connectivity index (χ2n) is 4.68. The summed E-state index contributed by atoms with van der Waals surface area (Å²) >= 11 is 11.9. The van der Waals surface area contributed by atoms with Crippen LogP contribution in [0, 0.1) is 0 Å². The van der Waals surface area contributed by atoms with Crippen molar-refractivity contribution in [2.24, 2.45) is 0 Å². The van der Waals surface area contributed by atoms with Gasteiger partial charge < -0.3 is 10.6 Å². The maximum absolute atomic E-state index is 12.1. The number of hydrogen-bond donors (Lipinski definition) is 2. The Morgan fingerprint density at radius 3 is 2.32 bits per heavy atom. The molecule has 2 amide bonds. The van der Waals surface area contributed by atoms with Gasteiger partial charge in [-0.05, 0) is 42.0 Å². The monoisotopic (exact) mass is 336 g/mol. The third-order valence-corrected chi connectivity index (χ3v) is 3.51. The van der Waals surface area contributed by atoms with Gasteiger partial charge in [0.15, 0.2) is 0 Å². The zero-order valence-corrected chi connectivity index (χ0v) is 13.3. The van der Waals surface area contributed by atoms with Crippen LogP contribution >= 0.6 is 23.2 Å². The third kappa shape index (κ3) is 4.48. The summed E-state index contributed by atoms with van der Waals surface area (Å²) in [4.78, 5) is 23.0. The Bertz CT molecular complexity index is 700. The summed E-state index contributed by atoms with van der Waals surface area (Å²) < 4.78 is 0. The Morgan fingerprint density at radius 2 is 1.73 bits per heavy atom. The van der Waals surface area contributed by atoms with Crippen molar-refractivity contribution < 1.29 is 9.59 Å². The lowest BCUT2D eigenvalue weighted by Crippen LogP contribution is -2.22. The molecule has 0 atom stereocenters. The predicted octanol–water partition coefficient (Wildman–Crippen LogP) is 3.88. The molecule has 0 fully saturated rings. The van der Waals surface area contributed by atoms with Crippen LogP contribution in [0.4, 0.5) is 5.69 Å². The number of carbonyl (C=O) groups excluding carboxylic acids is 2. The van der Waals surface area contributed by atoms with Crippen molar-refractivity contribution in [3.05, 3.63) is 63.6 Å². The van der Waals surface area contributed by atoms with Crippen molar-refractivity contribution in [2.75, 3.05) is 5.32 Å². The van der Waals surface area contributed by atoms with Crippen molar-refractivity contribution >= 4 is 40.7 Å². The molecule has 6 heteroatoms. The van der Waals surface area contributed by atoms with Crippen LogP contribution in [0.5, 0.6) is 0 Å². The second-order valence-corrected chi connectivity index (χ2v) is 5.52. The lowest BCUT2D eigenvalue weighted by atomic mass is 10.1. The average Bonchev–Trinajstić information content (AvgIpc) is 2.46. The fraction of sp³-hybridized carbons (Fsp3) is 0.125. The average molecular weight is 337 g/mol. The normalized spacial score (nSPS) is 10.1. The van der Waals surface area contributed by atoms with E-state index in [1.807, 2.05) is 0 Å². The highest BCUT2D eigenvalue weighted by molar-refractivity contribution is 6.35. The smallest absolute Gasteiger partial charge is 0.251 e. The molecule has 2 rings (SSSR count). The van der Waals surface area contributed by atoms with Crippen LogP contribution in [-0.2, 0) is 11.3 Å². The highest BCUT2D eigenvalue weighted by Gasteiger charge is 2.07. The highest BCUT2D eigenvalue weighted by atomic mass is 35.5. The molecular weight excluding hydrogens is 323 g/mol. The van der Waals surface area contributed by atoms with Gasteiger partial charge in [-0.25, -0.2) is 0 Å². The molecule has 22 heavy (non-hydrogen) atoms. The molecule has 0 heterocycles. The van der Waals surface area contributed by atoms with Crippen LogP contribution in [0.2, 0.25) is 10.0 Å². The molecule has 2 aromatic carbocycles. The lowest BCUT2D eigenvalue weighted by Gasteiger charge is -2.08. The fourth-order valence-corrected chi connectivity index (χ4v) is 2.33. The summed E-state index contributed by atoms with van der Waals surface area (Å²) in [5.74, 6) is -0.380. The van der Waals surface area contributed by atoms with Gasteiger partial charge in [-0.15, -0.1) is 0 Å². The molecule has 2 N–H and O–H groups in total. The molecule has 0 aliphatic heterocycles. The molecule has 4 nitrogen and oxygen atoms in total. The van der Waals surface area contributed by atoms with E-state index in [4.69, 9.17) is 23.2 Å². The van der Waals surface area contributed by atoms with Crippen LogP contribution in [0.25, 0.3) is 0 Å². The Hall–Kier alpha value is -2.04. The van der Waals surface area contributed by atoms with Crippen LogP contribution in [-0.4, -0.2) is 11.8 Å². The van der Waals surface area contributed by atoms with Gasteiger partial charge in [0.1, 0.15) is 0 Å². The summed E-state index contributed by atoms with van der Waals surface area (Å²) in [6.07, 6.45) is 0. The van der Waals surface area contributed by atoms with Crippen molar-refractivity contribution in [1.29, 1.82) is 0 Å². The molecule has 2 aromatic rings. The Kier molecular flexibility index (Phi) is 5.41. The van der Waals surface area contributed by atoms with Crippen molar-refractivity contribution in [2.45, 2.75) is 13.5 Å². The van der Waals surface area contributed by atoms with Crippen LogP contribution in [0.3, 0.4) is 0 Å². The van der Waals surface area contributed by atoms with E-state index in [1.165, 1.54) is 6.92 Å². The first-order valence-electron chi connectivity index (χ1n) is 6.55. The fourth-order valence-electron chi connectivity index (χ4n) is 1.85. The predicted molar refractivity (Wildman–Crippen MR) is 88.4 cm³/mol. The molecular formula is C16H14Cl2N2O2. The Morgan fingerprint density at radius 1 is 1.05 bits per heavy atom. The zero-order valence-electron chi connectivity index (χ0n) is 11.8. The molecule has 0 spiro atoms. The molecule has 114 valence electrons. The van der Waals surface area contributed by atoms with E-state index in [9.17, 15) is 9.59 Å². The Balaban J connectivity index is 1.98. The van der Waals surface area contributed by atoms with Gasteiger partial charge in [-0.3, -0.25) is 9.59 Å². The SMILES string of the molecule is CC(=O)Nc1ccc(C(=O)NCc2ccc(Cl)cc2Cl)cc1.